The Bertz CT molecular complexity index is 780. The standard InChI is InChI=1S/C21H28F3N3O2S/c1-14-18(4-5-19(25-14)21(22,23)24)30(28)27-15-2-3-16(27)11-20(10-15)12-17(13-20)26-6-8-29-9-7-26/h4-5,15-17H,2-3,6-13H2,1H3. The van der Waals surface area contributed by atoms with Crippen molar-refractivity contribution in [2.24, 2.45) is 5.41 Å². The Balaban J connectivity index is 1.27. The molecule has 3 saturated heterocycles. The van der Waals surface area contributed by atoms with Crippen molar-refractivity contribution in [2.45, 2.75) is 74.6 Å². The van der Waals surface area contributed by atoms with E-state index in [4.69, 9.17) is 4.74 Å². The van der Waals surface area contributed by atoms with Gasteiger partial charge in [0.15, 0.2) is 4.90 Å². The van der Waals surface area contributed by atoms with Gasteiger partial charge in [0, 0.05) is 19.1 Å². The number of ether oxygens (including phenoxy) is 1. The largest absolute Gasteiger partial charge is 0.593 e. The first-order chi connectivity index (χ1) is 14.3. The van der Waals surface area contributed by atoms with E-state index < -0.39 is 23.2 Å². The number of alkyl halides is 3. The Morgan fingerprint density at radius 2 is 1.67 bits per heavy atom. The van der Waals surface area contributed by atoms with Crippen LogP contribution in [0.3, 0.4) is 0 Å². The third-order valence-electron chi connectivity index (χ3n) is 7.50. The van der Waals surface area contributed by atoms with E-state index in [2.05, 4.69) is 14.2 Å². The average Bonchev–Trinajstić information content (AvgIpc) is 2.96. The molecule has 0 radical (unpaired) electrons. The number of nitrogens with zero attached hydrogens (tertiary/aromatic N) is 3. The number of hydrogen-bond donors (Lipinski definition) is 0. The zero-order valence-corrected chi connectivity index (χ0v) is 18.0. The van der Waals surface area contributed by atoms with Crippen LogP contribution in [0.2, 0.25) is 0 Å². The fraction of sp³-hybridized carbons (Fsp3) is 0.762. The SMILES string of the molecule is Cc1nc(C(F)(F)F)ccc1[S+]([O-])N1C2CCC1CC1(CC(N3CCOCC3)C1)C2. The van der Waals surface area contributed by atoms with Crippen LogP contribution in [-0.2, 0) is 22.3 Å². The predicted octanol–water partition coefficient (Wildman–Crippen LogP) is 3.54. The fourth-order valence-corrected chi connectivity index (χ4v) is 7.76. The van der Waals surface area contributed by atoms with Gasteiger partial charge >= 0.3 is 6.18 Å². The van der Waals surface area contributed by atoms with Gasteiger partial charge in [0.05, 0.1) is 42.4 Å². The Hall–Kier alpha value is -0.870. The van der Waals surface area contributed by atoms with E-state index in [-0.39, 0.29) is 17.8 Å². The molecule has 4 heterocycles. The number of halogens is 3. The predicted molar refractivity (Wildman–Crippen MR) is 106 cm³/mol. The van der Waals surface area contributed by atoms with Crippen molar-refractivity contribution in [1.82, 2.24) is 14.2 Å². The number of hydrogen-bond acceptors (Lipinski definition) is 5. The van der Waals surface area contributed by atoms with E-state index in [1.807, 2.05) is 0 Å². The van der Waals surface area contributed by atoms with Gasteiger partial charge in [-0.15, -0.1) is 4.31 Å². The molecule has 0 amide bonds. The monoisotopic (exact) mass is 443 g/mol. The Morgan fingerprint density at radius 3 is 2.23 bits per heavy atom. The van der Waals surface area contributed by atoms with Crippen LogP contribution < -0.4 is 0 Å². The van der Waals surface area contributed by atoms with Crippen LogP contribution in [0.15, 0.2) is 17.0 Å². The van der Waals surface area contributed by atoms with Crippen molar-refractivity contribution in [1.29, 1.82) is 0 Å². The number of pyridine rings is 1. The molecule has 30 heavy (non-hydrogen) atoms. The summed E-state index contributed by atoms with van der Waals surface area (Å²) in [6.45, 7) is 5.20. The highest BCUT2D eigenvalue weighted by Gasteiger charge is 2.58. The normalized spacial score (nSPS) is 36.1. The van der Waals surface area contributed by atoms with Crippen molar-refractivity contribution >= 4 is 11.4 Å². The summed E-state index contributed by atoms with van der Waals surface area (Å²) in [5.41, 5.74) is -0.369. The van der Waals surface area contributed by atoms with Gasteiger partial charge in [-0.05, 0) is 63.0 Å². The molecule has 3 atom stereocenters. The number of aryl methyl sites for hydroxylation is 1. The van der Waals surface area contributed by atoms with E-state index in [0.29, 0.717) is 16.4 Å². The molecule has 1 aliphatic carbocycles. The lowest BCUT2D eigenvalue weighted by molar-refractivity contribution is -0.141. The second kappa shape index (κ2) is 7.62. The van der Waals surface area contributed by atoms with Crippen molar-refractivity contribution in [3.05, 3.63) is 23.5 Å². The summed E-state index contributed by atoms with van der Waals surface area (Å²) in [4.78, 5) is 6.65. The summed E-state index contributed by atoms with van der Waals surface area (Å²) >= 11 is -1.46. The van der Waals surface area contributed by atoms with E-state index in [1.165, 1.54) is 25.8 Å². The lowest BCUT2D eigenvalue weighted by Crippen LogP contribution is -2.60. The summed E-state index contributed by atoms with van der Waals surface area (Å²) in [5, 5.41) is 0. The van der Waals surface area contributed by atoms with Crippen molar-refractivity contribution < 1.29 is 22.5 Å². The highest BCUT2D eigenvalue weighted by atomic mass is 32.2. The molecule has 1 aromatic heterocycles. The van der Waals surface area contributed by atoms with Gasteiger partial charge in [-0.25, -0.2) is 4.98 Å². The van der Waals surface area contributed by atoms with Gasteiger partial charge in [0.25, 0.3) is 0 Å². The van der Waals surface area contributed by atoms with E-state index in [0.717, 1.165) is 58.1 Å². The van der Waals surface area contributed by atoms with Gasteiger partial charge in [-0.3, -0.25) is 4.90 Å². The third kappa shape index (κ3) is 3.66. The zero-order valence-electron chi connectivity index (χ0n) is 17.2. The molecule has 0 aromatic carbocycles. The second-order valence-corrected chi connectivity index (χ2v) is 10.8. The van der Waals surface area contributed by atoms with Crippen LogP contribution in [0.1, 0.15) is 49.9 Å². The number of piperidine rings is 1. The maximum absolute atomic E-state index is 13.4. The minimum Gasteiger partial charge on any atom is -0.593 e. The number of aromatic nitrogens is 1. The topological polar surface area (TPSA) is 51.7 Å². The molecule has 166 valence electrons. The van der Waals surface area contributed by atoms with Crippen LogP contribution in [-0.4, -0.2) is 63.2 Å². The maximum atomic E-state index is 13.4. The number of fused-ring (bicyclic) bond motifs is 2. The first-order valence-electron chi connectivity index (χ1n) is 10.8. The van der Waals surface area contributed by atoms with Gasteiger partial charge in [-0.2, -0.15) is 13.2 Å². The Labute approximate surface area is 178 Å². The number of morpholine rings is 1. The van der Waals surface area contributed by atoms with Gasteiger partial charge in [-0.1, -0.05) is 0 Å². The van der Waals surface area contributed by atoms with Crippen LogP contribution in [0.4, 0.5) is 13.2 Å². The van der Waals surface area contributed by atoms with Gasteiger partial charge in [0.1, 0.15) is 5.69 Å². The highest BCUT2D eigenvalue weighted by molar-refractivity contribution is 7.89. The minimum atomic E-state index is -4.48. The Kier molecular flexibility index (Phi) is 5.33. The summed E-state index contributed by atoms with van der Waals surface area (Å²) < 4.78 is 59.7. The molecule has 4 fully saturated rings. The van der Waals surface area contributed by atoms with Gasteiger partial charge in [0.2, 0.25) is 0 Å². The van der Waals surface area contributed by atoms with E-state index in [1.54, 1.807) is 0 Å². The van der Waals surface area contributed by atoms with Crippen LogP contribution in [0, 0.1) is 12.3 Å². The highest BCUT2D eigenvalue weighted by Crippen LogP contribution is 2.58. The first kappa shape index (κ1) is 21.0. The summed E-state index contributed by atoms with van der Waals surface area (Å²) in [5.74, 6) is 0. The fourth-order valence-electron chi connectivity index (χ4n) is 6.15. The zero-order chi connectivity index (χ0) is 21.1. The Morgan fingerprint density at radius 1 is 1.07 bits per heavy atom. The molecular formula is C21H28F3N3O2S. The van der Waals surface area contributed by atoms with E-state index in [9.17, 15) is 17.7 Å². The molecule has 5 nitrogen and oxygen atoms in total. The first-order valence-corrected chi connectivity index (χ1v) is 11.9. The van der Waals surface area contributed by atoms with E-state index >= 15 is 0 Å². The molecule has 2 bridgehead atoms. The maximum Gasteiger partial charge on any atom is 0.433 e. The molecule has 1 saturated carbocycles. The molecular weight excluding hydrogens is 415 g/mol. The quantitative estimate of drug-likeness (QED) is 0.669. The molecule has 3 aliphatic heterocycles. The van der Waals surface area contributed by atoms with Crippen LogP contribution >= 0.6 is 0 Å². The number of rotatable bonds is 3. The smallest absolute Gasteiger partial charge is 0.433 e. The van der Waals surface area contributed by atoms with Crippen molar-refractivity contribution in [3.63, 3.8) is 0 Å². The molecule has 4 aliphatic rings. The summed E-state index contributed by atoms with van der Waals surface area (Å²) in [6.07, 6.45) is 2.07. The lowest BCUT2D eigenvalue weighted by atomic mass is 9.58. The molecule has 5 rings (SSSR count). The molecule has 3 unspecified atom stereocenters. The third-order valence-corrected chi connectivity index (χ3v) is 9.28. The van der Waals surface area contributed by atoms with Crippen LogP contribution in [0.25, 0.3) is 0 Å². The van der Waals surface area contributed by atoms with Gasteiger partial charge < -0.3 is 9.29 Å². The molecule has 0 N–H and O–H groups in total. The summed E-state index contributed by atoms with van der Waals surface area (Å²) in [7, 11) is 0. The minimum absolute atomic E-state index is 0.207. The van der Waals surface area contributed by atoms with Crippen molar-refractivity contribution in [3.8, 4) is 0 Å². The average molecular weight is 444 g/mol. The molecule has 1 aromatic rings. The summed E-state index contributed by atoms with van der Waals surface area (Å²) in [6, 6.07) is 3.44. The lowest BCUT2D eigenvalue weighted by Gasteiger charge is -2.57. The molecule has 1 spiro atoms. The van der Waals surface area contributed by atoms with Crippen LogP contribution in [0.5, 0.6) is 0 Å². The second-order valence-electron chi connectivity index (χ2n) is 9.39. The van der Waals surface area contributed by atoms with Crippen molar-refractivity contribution in [2.75, 3.05) is 26.3 Å². The molecule has 9 heteroatoms.